The minimum Gasteiger partial charge on any atom is -0.349 e. The van der Waals surface area contributed by atoms with E-state index in [0.717, 1.165) is 33.5 Å². The van der Waals surface area contributed by atoms with Crippen molar-refractivity contribution in [3.05, 3.63) is 64.4 Å². The Labute approximate surface area is 233 Å². The topological polar surface area (TPSA) is 103 Å². The van der Waals surface area contributed by atoms with Gasteiger partial charge < -0.3 is 15.0 Å². The van der Waals surface area contributed by atoms with Gasteiger partial charge in [-0.2, -0.15) is 5.10 Å². The van der Waals surface area contributed by atoms with Crippen LogP contribution in [0.2, 0.25) is 0 Å². The Morgan fingerprint density at radius 3 is 2.85 bits per heavy atom. The minimum absolute atomic E-state index is 0.000370. The smallest absolute Gasteiger partial charge is 0.237 e. The number of benzene rings is 2. The number of fused-ring (bicyclic) bond motifs is 2. The molecule has 208 valence electrons. The highest BCUT2D eigenvalue weighted by molar-refractivity contribution is 7.09. The molecule has 2 aliphatic rings. The molecule has 0 bridgehead atoms. The van der Waals surface area contributed by atoms with Crippen LogP contribution in [0, 0.1) is 11.2 Å². The molecule has 40 heavy (non-hydrogen) atoms. The summed E-state index contributed by atoms with van der Waals surface area (Å²) >= 11 is 1.56. The summed E-state index contributed by atoms with van der Waals surface area (Å²) in [7, 11) is 0. The molecule has 12 heteroatoms. The SMILES string of the molecule is O=C(CN1CCC(COCF)(C(=O)Nc2ccc3[nH]nc(-c4ccc(F)cc4)c3c2)C1)N1CCc2ncsc2C1. The van der Waals surface area contributed by atoms with E-state index in [1.165, 1.54) is 12.1 Å². The normalized spacial score (nSPS) is 19.2. The molecule has 4 heterocycles. The fraction of sp³-hybridized carbons (Fsp3) is 0.357. The summed E-state index contributed by atoms with van der Waals surface area (Å²) in [5, 5.41) is 11.1. The number of hydrogen-bond acceptors (Lipinski definition) is 7. The van der Waals surface area contributed by atoms with E-state index in [1.807, 2.05) is 21.4 Å². The van der Waals surface area contributed by atoms with E-state index in [1.54, 1.807) is 35.6 Å². The summed E-state index contributed by atoms with van der Waals surface area (Å²) in [5.41, 5.74) is 4.55. The van der Waals surface area contributed by atoms with Crippen molar-refractivity contribution in [2.75, 3.05) is 45.0 Å². The number of nitrogens with zero attached hydrogens (tertiary/aromatic N) is 4. The molecular formula is C28H28F2N6O3S. The summed E-state index contributed by atoms with van der Waals surface area (Å²) in [6.07, 6.45) is 1.17. The van der Waals surface area contributed by atoms with Crippen LogP contribution in [0.3, 0.4) is 0 Å². The van der Waals surface area contributed by atoms with Crippen LogP contribution in [0.15, 0.2) is 48.0 Å². The van der Waals surface area contributed by atoms with Gasteiger partial charge in [-0.3, -0.25) is 19.6 Å². The van der Waals surface area contributed by atoms with Gasteiger partial charge in [-0.05, 0) is 55.4 Å². The van der Waals surface area contributed by atoms with Gasteiger partial charge >= 0.3 is 0 Å². The van der Waals surface area contributed by atoms with Crippen molar-refractivity contribution in [2.45, 2.75) is 19.4 Å². The molecule has 9 nitrogen and oxygen atoms in total. The highest BCUT2D eigenvalue weighted by Gasteiger charge is 2.45. The number of aromatic amines is 1. The van der Waals surface area contributed by atoms with Gasteiger partial charge in [0.1, 0.15) is 5.82 Å². The molecule has 0 saturated carbocycles. The molecule has 0 radical (unpaired) electrons. The van der Waals surface area contributed by atoms with Crippen LogP contribution in [0.5, 0.6) is 0 Å². The Kier molecular flexibility index (Phi) is 7.30. The average molecular weight is 567 g/mol. The predicted molar refractivity (Wildman–Crippen MR) is 147 cm³/mol. The van der Waals surface area contributed by atoms with Gasteiger partial charge in [0.15, 0.2) is 6.86 Å². The number of carbonyl (C=O) groups excluding carboxylic acids is 2. The Bertz CT molecular complexity index is 1540. The molecular weight excluding hydrogens is 538 g/mol. The van der Waals surface area contributed by atoms with E-state index < -0.39 is 12.3 Å². The zero-order chi connectivity index (χ0) is 27.7. The van der Waals surface area contributed by atoms with Crippen LogP contribution < -0.4 is 5.32 Å². The van der Waals surface area contributed by atoms with Crippen LogP contribution in [-0.2, 0) is 27.3 Å². The maximum Gasteiger partial charge on any atom is 0.237 e. The number of alkyl halides is 1. The van der Waals surface area contributed by atoms with Gasteiger partial charge in [0.2, 0.25) is 11.8 Å². The summed E-state index contributed by atoms with van der Waals surface area (Å²) in [6, 6.07) is 11.4. The summed E-state index contributed by atoms with van der Waals surface area (Å²) in [4.78, 5) is 36.0. The van der Waals surface area contributed by atoms with Crippen molar-refractivity contribution in [3.63, 3.8) is 0 Å². The van der Waals surface area contributed by atoms with E-state index in [2.05, 4.69) is 20.5 Å². The number of aromatic nitrogens is 3. The molecule has 1 saturated heterocycles. The van der Waals surface area contributed by atoms with E-state index in [4.69, 9.17) is 4.74 Å². The van der Waals surface area contributed by atoms with Crippen LogP contribution in [0.25, 0.3) is 22.2 Å². The lowest BCUT2D eigenvalue weighted by Crippen LogP contribution is -2.45. The molecule has 2 aromatic carbocycles. The molecule has 2 aliphatic heterocycles. The number of carbonyl (C=O) groups is 2. The van der Waals surface area contributed by atoms with Crippen LogP contribution in [-0.4, -0.2) is 76.4 Å². The van der Waals surface area contributed by atoms with Gasteiger partial charge in [-0.1, -0.05) is 0 Å². The Hall–Kier alpha value is -3.74. The molecule has 1 fully saturated rings. The summed E-state index contributed by atoms with van der Waals surface area (Å²) in [5.74, 6) is -0.635. The first-order chi connectivity index (χ1) is 19.4. The number of nitrogens with one attached hydrogen (secondary N) is 2. The largest absolute Gasteiger partial charge is 0.349 e. The van der Waals surface area contributed by atoms with Gasteiger partial charge in [0.25, 0.3) is 0 Å². The van der Waals surface area contributed by atoms with E-state index >= 15 is 0 Å². The second-order valence-electron chi connectivity index (χ2n) is 10.3. The van der Waals surface area contributed by atoms with Crippen molar-refractivity contribution in [1.29, 1.82) is 0 Å². The molecule has 0 aliphatic carbocycles. The van der Waals surface area contributed by atoms with Crippen molar-refractivity contribution in [1.82, 2.24) is 25.0 Å². The van der Waals surface area contributed by atoms with Gasteiger partial charge in [0, 0.05) is 41.0 Å². The van der Waals surface area contributed by atoms with Crippen molar-refractivity contribution in [3.8, 4) is 11.3 Å². The third-order valence-corrected chi connectivity index (χ3v) is 8.56. The molecule has 2 amide bonds. The lowest BCUT2D eigenvalue weighted by Gasteiger charge is -2.30. The number of rotatable bonds is 8. The number of H-pyrrole nitrogens is 1. The summed E-state index contributed by atoms with van der Waals surface area (Å²) < 4.78 is 31.6. The quantitative estimate of drug-likeness (QED) is 0.335. The molecule has 4 aromatic rings. The van der Waals surface area contributed by atoms with E-state index in [0.29, 0.717) is 37.4 Å². The molecule has 1 unspecified atom stereocenters. The van der Waals surface area contributed by atoms with Crippen LogP contribution in [0.1, 0.15) is 17.0 Å². The second-order valence-corrected chi connectivity index (χ2v) is 11.2. The number of amides is 2. The first kappa shape index (κ1) is 26.5. The van der Waals surface area contributed by atoms with Gasteiger partial charge in [0.05, 0.1) is 47.5 Å². The highest BCUT2D eigenvalue weighted by atomic mass is 32.1. The Balaban J connectivity index is 1.16. The third kappa shape index (κ3) is 5.21. The lowest BCUT2D eigenvalue weighted by molar-refractivity contribution is -0.134. The molecule has 0 spiro atoms. The summed E-state index contributed by atoms with van der Waals surface area (Å²) in [6.45, 7) is 1.06. The number of anilines is 1. The Morgan fingerprint density at radius 2 is 2.02 bits per heavy atom. The van der Waals surface area contributed by atoms with E-state index in [-0.39, 0.29) is 37.3 Å². The van der Waals surface area contributed by atoms with E-state index in [9.17, 15) is 18.4 Å². The minimum atomic E-state index is -1.01. The van der Waals surface area contributed by atoms with Crippen molar-refractivity contribution in [2.24, 2.45) is 5.41 Å². The van der Waals surface area contributed by atoms with Crippen LogP contribution >= 0.6 is 11.3 Å². The fourth-order valence-electron chi connectivity index (χ4n) is 5.50. The highest BCUT2D eigenvalue weighted by Crippen LogP contribution is 2.34. The number of halogens is 2. The zero-order valence-electron chi connectivity index (χ0n) is 21.7. The maximum absolute atomic E-state index is 13.6. The van der Waals surface area contributed by atoms with Crippen molar-refractivity contribution < 1.29 is 23.1 Å². The Morgan fingerprint density at radius 1 is 1.18 bits per heavy atom. The first-order valence-electron chi connectivity index (χ1n) is 13.0. The predicted octanol–water partition coefficient (Wildman–Crippen LogP) is 3.98. The first-order valence-corrected chi connectivity index (χ1v) is 13.9. The fourth-order valence-corrected chi connectivity index (χ4v) is 6.33. The number of thiazole rings is 1. The van der Waals surface area contributed by atoms with Crippen LogP contribution in [0.4, 0.5) is 14.5 Å². The van der Waals surface area contributed by atoms with Gasteiger partial charge in [-0.25, -0.2) is 13.8 Å². The third-order valence-electron chi connectivity index (χ3n) is 7.70. The number of ether oxygens (including phenoxy) is 1. The average Bonchev–Trinajstić information content (AvgIpc) is 3.71. The standard InChI is InChI=1S/C28H28F2N6O3S/c29-16-39-15-28(8-10-35(14-28)13-25(37)36-9-7-23-24(12-36)40-17-31-23)27(38)32-20-5-6-22-21(11-20)26(34-33-22)18-1-3-19(30)4-2-18/h1-6,11,17H,7-10,12-16H2,(H,32,38)(H,33,34). The molecule has 2 aromatic heterocycles. The number of likely N-dealkylation sites (tertiary alicyclic amines) is 1. The molecule has 1 atom stereocenters. The zero-order valence-corrected chi connectivity index (χ0v) is 22.5. The molecule has 2 N–H and O–H groups in total. The second kappa shape index (κ2) is 11.0. The maximum atomic E-state index is 13.6. The van der Waals surface area contributed by atoms with Gasteiger partial charge in [-0.15, -0.1) is 11.3 Å². The lowest BCUT2D eigenvalue weighted by atomic mass is 9.86. The monoisotopic (exact) mass is 566 g/mol. The number of hydrogen-bond donors (Lipinski definition) is 2. The van der Waals surface area contributed by atoms with Crippen molar-refractivity contribution >= 4 is 39.7 Å². The molecule has 6 rings (SSSR count).